The van der Waals surface area contributed by atoms with Crippen molar-refractivity contribution in [1.82, 2.24) is 4.90 Å². The molecule has 3 aliphatic rings. The number of piperidine rings is 1. The third-order valence-electron chi connectivity index (χ3n) is 7.60. The molecule has 2 aromatic carbocycles. The molecule has 3 saturated heterocycles. The fourth-order valence-corrected chi connectivity index (χ4v) is 17.3. The van der Waals surface area contributed by atoms with Gasteiger partial charge in [0.1, 0.15) is 0 Å². The number of hydrogen-bond donors (Lipinski definition) is 0. The van der Waals surface area contributed by atoms with Gasteiger partial charge in [-0.1, -0.05) is 0 Å². The maximum atomic E-state index is 13.4. The molecule has 2 aromatic rings. The number of likely N-dealkylation sites (tertiary alicyclic amines) is 1. The minimum absolute atomic E-state index is 0.178. The second-order valence-corrected chi connectivity index (χ2v) is 19.7. The third kappa shape index (κ3) is 6.17. The van der Waals surface area contributed by atoms with Crippen LogP contribution in [0.4, 0.5) is 4.79 Å². The summed E-state index contributed by atoms with van der Waals surface area (Å²) >= 11 is -3.32. The molecule has 0 radical (unpaired) electrons. The van der Waals surface area contributed by atoms with Gasteiger partial charge in [0.25, 0.3) is 0 Å². The number of unbranched alkanes of at least 4 members (excludes halogenated alkanes) is 2. The molecule has 1 unspecified atom stereocenters. The average Bonchev–Trinajstić information content (AvgIpc) is 3.33. The molecule has 0 spiro atoms. The zero-order valence-electron chi connectivity index (χ0n) is 21.9. The number of nitrogens with zero attached hydrogens (tertiary/aromatic N) is 1. The molecular formula is C29H39NO6Sn. The first-order valence-corrected chi connectivity index (χ1v) is 20.1. The standard InChI is InChI=1S/C21H21NO6.2C4H9.Sn/c23-17-11-22(21(25)27-12-14-7-3-1-4-8-14)16-13-26-20(28-19(16)18(17)24)15-9-5-2-6-10-15;2*1-3-4-2;/h1-10,16-20H,11-13H2;2*1,3-4H2,2H3;/q-2;;;+2/t16-,17+,18-,19-,20?;;;/m1.../s1. The van der Waals surface area contributed by atoms with Crippen LogP contribution in [0.15, 0.2) is 60.7 Å². The maximum absolute atomic E-state index is 13.4. The molecule has 8 heteroatoms. The Labute approximate surface area is 225 Å². The average molecular weight is 616 g/mol. The summed E-state index contributed by atoms with van der Waals surface area (Å²) in [5, 5.41) is 0. The molecule has 7 nitrogen and oxygen atoms in total. The number of benzene rings is 2. The summed E-state index contributed by atoms with van der Waals surface area (Å²) in [6, 6.07) is 19.4. The zero-order valence-corrected chi connectivity index (χ0v) is 24.8. The summed E-state index contributed by atoms with van der Waals surface area (Å²) in [5.41, 5.74) is 1.92. The molecule has 1 amide bonds. The molecule has 0 N–H and O–H groups in total. The summed E-state index contributed by atoms with van der Waals surface area (Å²) < 4.78 is 34.5. The number of ether oxygens (including phenoxy) is 3. The number of fused-ring (bicyclic) bond motifs is 3. The Morgan fingerprint density at radius 1 is 0.946 bits per heavy atom. The summed E-state index contributed by atoms with van der Waals surface area (Å²) in [4.78, 5) is 15.1. The van der Waals surface area contributed by atoms with Gasteiger partial charge in [-0.2, -0.15) is 0 Å². The second-order valence-electron chi connectivity index (χ2n) is 10.3. The van der Waals surface area contributed by atoms with E-state index in [0.29, 0.717) is 13.2 Å². The molecule has 0 bridgehead atoms. The monoisotopic (exact) mass is 617 g/mol. The Hall–Kier alpha value is -1.65. The summed E-state index contributed by atoms with van der Waals surface area (Å²) in [5.74, 6) is 0. The number of rotatable bonds is 9. The number of amides is 1. The Bertz CT molecular complexity index is 1000. The van der Waals surface area contributed by atoms with Crippen LogP contribution in [0.5, 0.6) is 0 Å². The molecule has 3 fully saturated rings. The van der Waals surface area contributed by atoms with Crippen LogP contribution in [0.2, 0.25) is 8.87 Å². The number of hydrogen-bond acceptors (Lipinski definition) is 6. The van der Waals surface area contributed by atoms with Gasteiger partial charge >= 0.3 is 226 Å². The number of carbonyl (C=O) groups is 1. The van der Waals surface area contributed by atoms with Crippen LogP contribution in [0.3, 0.4) is 0 Å². The van der Waals surface area contributed by atoms with E-state index < -0.39 is 25.5 Å². The van der Waals surface area contributed by atoms with E-state index in [1.54, 1.807) is 4.90 Å². The molecule has 3 aliphatic heterocycles. The Kier molecular flexibility index (Phi) is 9.08. The van der Waals surface area contributed by atoms with E-state index in [-0.39, 0.29) is 37.1 Å². The fourth-order valence-electron chi connectivity index (χ4n) is 5.61. The SMILES string of the molecule is CCC[CH2][Sn]1([CH2]CCC)[O][C@H]2[C@@H]3OC(c4ccccc4)OC[C@H]3N(C(=O)OCc3ccccc3)C[C@@H]2[O]1. The third-order valence-corrected chi connectivity index (χ3v) is 18.1. The van der Waals surface area contributed by atoms with Crippen molar-refractivity contribution in [3.63, 3.8) is 0 Å². The fraction of sp³-hybridized carbons (Fsp3) is 0.552. The van der Waals surface area contributed by atoms with Crippen LogP contribution in [-0.4, -0.2) is 67.7 Å². The van der Waals surface area contributed by atoms with Crippen molar-refractivity contribution < 1.29 is 25.2 Å². The van der Waals surface area contributed by atoms with Gasteiger partial charge in [-0.05, 0) is 0 Å². The van der Waals surface area contributed by atoms with Crippen molar-refractivity contribution >= 4 is 25.3 Å². The van der Waals surface area contributed by atoms with Gasteiger partial charge < -0.3 is 0 Å². The van der Waals surface area contributed by atoms with Gasteiger partial charge in [0.15, 0.2) is 0 Å². The van der Waals surface area contributed by atoms with Gasteiger partial charge in [0.05, 0.1) is 0 Å². The Balaban J connectivity index is 1.38. The van der Waals surface area contributed by atoms with Gasteiger partial charge in [-0.3, -0.25) is 0 Å². The van der Waals surface area contributed by atoms with E-state index >= 15 is 0 Å². The molecule has 200 valence electrons. The molecule has 3 heterocycles. The number of carbonyl (C=O) groups excluding carboxylic acids is 1. The van der Waals surface area contributed by atoms with Crippen LogP contribution >= 0.6 is 0 Å². The summed E-state index contributed by atoms with van der Waals surface area (Å²) in [6.07, 6.45) is 2.93. The first-order chi connectivity index (χ1) is 18.1. The van der Waals surface area contributed by atoms with Gasteiger partial charge in [0, 0.05) is 0 Å². The van der Waals surface area contributed by atoms with Gasteiger partial charge in [-0.25, -0.2) is 0 Å². The Morgan fingerprint density at radius 2 is 1.62 bits per heavy atom. The molecule has 0 aromatic heterocycles. The van der Waals surface area contributed by atoms with E-state index in [1.807, 2.05) is 60.7 Å². The minimum atomic E-state index is -3.32. The van der Waals surface area contributed by atoms with Crippen molar-refractivity contribution in [1.29, 1.82) is 0 Å². The van der Waals surface area contributed by atoms with E-state index in [4.69, 9.17) is 20.4 Å². The normalized spacial score (nSPS) is 28.4. The summed E-state index contributed by atoms with van der Waals surface area (Å²) in [6.45, 7) is 5.47. The predicted octanol–water partition coefficient (Wildman–Crippen LogP) is 5.95. The molecule has 5 rings (SSSR count). The first-order valence-electron chi connectivity index (χ1n) is 13.8. The van der Waals surface area contributed by atoms with Gasteiger partial charge in [-0.15, -0.1) is 0 Å². The molecule has 5 atom stereocenters. The van der Waals surface area contributed by atoms with Crippen molar-refractivity contribution in [3.05, 3.63) is 71.8 Å². The van der Waals surface area contributed by atoms with Crippen LogP contribution in [-0.2, 0) is 27.0 Å². The van der Waals surface area contributed by atoms with Crippen molar-refractivity contribution in [2.45, 2.75) is 85.7 Å². The van der Waals surface area contributed by atoms with Gasteiger partial charge in [0.2, 0.25) is 0 Å². The van der Waals surface area contributed by atoms with E-state index in [0.717, 1.165) is 45.7 Å². The summed E-state index contributed by atoms with van der Waals surface area (Å²) in [7, 11) is 0. The van der Waals surface area contributed by atoms with Crippen molar-refractivity contribution in [3.8, 4) is 0 Å². The quantitative estimate of drug-likeness (QED) is 0.325. The predicted molar refractivity (Wildman–Crippen MR) is 142 cm³/mol. The zero-order chi connectivity index (χ0) is 25.7. The van der Waals surface area contributed by atoms with Crippen LogP contribution in [0, 0.1) is 0 Å². The van der Waals surface area contributed by atoms with Crippen molar-refractivity contribution in [2.75, 3.05) is 13.2 Å². The topological polar surface area (TPSA) is 66.5 Å². The molecule has 0 saturated carbocycles. The van der Waals surface area contributed by atoms with E-state index in [2.05, 4.69) is 13.8 Å². The van der Waals surface area contributed by atoms with Crippen LogP contribution in [0.25, 0.3) is 0 Å². The molecule has 37 heavy (non-hydrogen) atoms. The van der Waals surface area contributed by atoms with Crippen LogP contribution < -0.4 is 0 Å². The molecular weight excluding hydrogens is 577 g/mol. The second kappa shape index (κ2) is 12.5. The van der Waals surface area contributed by atoms with Crippen molar-refractivity contribution in [2.24, 2.45) is 0 Å². The van der Waals surface area contributed by atoms with Crippen LogP contribution in [0.1, 0.15) is 56.9 Å². The van der Waals surface area contributed by atoms with E-state index in [9.17, 15) is 4.79 Å². The van der Waals surface area contributed by atoms with E-state index in [1.165, 1.54) is 0 Å². The first kappa shape index (κ1) is 26.9. The Morgan fingerprint density at radius 3 is 2.30 bits per heavy atom. The molecule has 0 aliphatic carbocycles.